The average Bonchev–Trinajstić information content (AvgIpc) is 2.80. The fourth-order valence-electron chi connectivity index (χ4n) is 3.02. The summed E-state index contributed by atoms with van der Waals surface area (Å²) in [6, 6.07) is 4.97. The van der Waals surface area contributed by atoms with E-state index in [1.165, 1.54) is 0 Å². The zero-order chi connectivity index (χ0) is 17.3. The van der Waals surface area contributed by atoms with E-state index in [0.29, 0.717) is 28.5 Å². The number of nitrogens with zero attached hydrogens (tertiary/aromatic N) is 1. The Balaban J connectivity index is 1.61. The van der Waals surface area contributed by atoms with Crippen molar-refractivity contribution < 1.29 is 19.1 Å². The first-order valence-corrected chi connectivity index (χ1v) is 8.33. The number of carbonyl (C=O) groups is 3. The number of imide groups is 1. The Morgan fingerprint density at radius 2 is 1.62 bits per heavy atom. The van der Waals surface area contributed by atoms with Crippen molar-refractivity contribution in [2.45, 2.75) is 19.4 Å². The van der Waals surface area contributed by atoms with E-state index in [-0.39, 0.29) is 36.8 Å². The van der Waals surface area contributed by atoms with Gasteiger partial charge in [0.25, 0.3) is 0 Å². The topological polar surface area (TPSA) is 63.7 Å². The number of allylic oxidation sites excluding steroid dienone is 2. The number of rotatable bonds is 4. The Kier molecular flexibility index (Phi) is 4.92. The van der Waals surface area contributed by atoms with Crippen molar-refractivity contribution in [1.82, 2.24) is 4.90 Å². The van der Waals surface area contributed by atoms with E-state index >= 15 is 0 Å². The number of fused-ring (bicyclic) bond motifs is 1. The highest BCUT2D eigenvalue weighted by Crippen LogP contribution is 2.35. The van der Waals surface area contributed by atoms with Crippen LogP contribution in [0.15, 0.2) is 30.4 Å². The van der Waals surface area contributed by atoms with E-state index in [1.807, 2.05) is 12.2 Å². The fourth-order valence-corrected chi connectivity index (χ4v) is 3.53. The number of likely N-dealkylation sites (tertiary alicyclic amines) is 1. The first-order valence-electron chi connectivity index (χ1n) is 7.57. The van der Waals surface area contributed by atoms with E-state index < -0.39 is 5.97 Å². The maximum atomic E-state index is 12.3. The number of hydrogen-bond acceptors (Lipinski definition) is 4. The molecule has 2 amide bonds. The quantitative estimate of drug-likeness (QED) is 0.466. The predicted molar refractivity (Wildman–Crippen MR) is 88.3 cm³/mol. The van der Waals surface area contributed by atoms with Gasteiger partial charge in [-0.3, -0.25) is 19.3 Å². The first-order chi connectivity index (χ1) is 11.5. The number of hydrogen-bond donors (Lipinski definition) is 0. The molecule has 7 heteroatoms. The average molecular weight is 368 g/mol. The summed E-state index contributed by atoms with van der Waals surface area (Å²) < 4.78 is 5.13. The van der Waals surface area contributed by atoms with Gasteiger partial charge in [-0.15, -0.1) is 0 Å². The van der Waals surface area contributed by atoms with Crippen LogP contribution in [0.4, 0.5) is 0 Å². The monoisotopic (exact) mass is 367 g/mol. The van der Waals surface area contributed by atoms with Crippen LogP contribution in [-0.2, 0) is 25.7 Å². The zero-order valence-electron chi connectivity index (χ0n) is 12.7. The van der Waals surface area contributed by atoms with Crippen LogP contribution in [0.2, 0.25) is 10.0 Å². The third-order valence-electron chi connectivity index (χ3n) is 4.33. The van der Waals surface area contributed by atoms with Gasteiger partial charge in [0.05, 0.1) is 11.8 Å². The van der Waals surface area contributed by atoms with Crippen molar-refractivity contribution in [1.29, 1.82) is 0 Å². The molecule has 1 saturated heterocycles. The Hall–Kier alpha value is -1.85. The lowest BCUT2D eigenvalue weighted by molar-refractivity contribution is -0.153. The maximum absolute atomic E-state index is 12.3. The van der Waals surface area contributed by atoms with Gasteiger partial charge in [-0.05, 0) is 25.0 Å². The largest absolute Gasteiger partial charge is 0.459 e. The van der Waals surface area contributed by atoms with Crippen LogP contribution in [0.3, 0.4) is 0 Å². The Morgan fingerprint density at radius 1 is 1.08 bits per heavy atom. The molecule has 0 bridgehead atoms. The summed E-state index contributed by atoms with van der Waals surface area (Å²) in [5, 5.41) is 0.779. The zero-order valence-corrected chi connectivity index (χ0v) is 14.2. The van der Waals surface area contributed by atoms with Crippen molar-refractivity contribution in [3.05, 3.63) is 46.0 Å². The second-order valence-corrected chi connectivity index (χ2v) is 6.59. The van der Waals surface area contributed by atoms with E-state index in [1.54, 1.807) is 18.2 Å². The molecule has 2 aliphatic rings. The van der Waals surface area contributed by atoms with Crippen molar-refractivity contribution in [3.63, 3.8) is 0 Å². The fraction of sp³-hybridized carbons (Fsp3) is 0.353. The molecule has 1 aromatic carbocycles. The van der Waals surface area contributed by atoms with Gasteiger partial charge in [0.1, 0.15) is 13.2 Å². The van der Waals surface area contributed by atoms with E-state index in [9.17, 15) is 14.4 Å². The molecule has 0 saturated carbocycles. The number of carbonyl (C=O) groups excluding carboxylic acids is 3. The van der Waals surface area contributed by atoms with Crippen LogP contribution >= 0.6 is 23.2 Å². The minimum absolute atomic E-state index is 0.109. The highest BCUT2D eigenvalue weighted by Gasteiger charge is 2.47. The molecular weight excluding hydrogens is 353 g/mol. The van der Waals surface area contributed by atoms with Crippen molar-refractivity contribution in [2.24, 2.45) is 11.8 Å². The Labute approximate surface area is 149 Å². The highest BCUT2D eigenvalue weighted by molar-refractivity contribution is 6.35. The van der Waals surface area contributed by atoms with E-state index in [0.717, 1.165) is 4.90 Å². The normalized spacial score (nSPS) is 22.7. The summed E-state index contributed by atoms with van der Waals surface area (Å²) >= 11 is 12.0. The molecule has 126 valence electrons. The van der Waals surface area contributed by atoms with Crippen LogP contribution in [0.5, 0.6) is 0 Å². The van der Waals surface area contributed by atoms with Crippen molar-refractivity contribution in [2.75, 3.05) is 6.54 Å². The van der Waals surface area contributed by atoms with E-state index in [4.69, 9.17) is 27.9 Å². The predicted octanol–water partition coefficient (Wildman–Crippen LogP) is 2.99. The van der Waals surface area contributed by atoms with Gasteiger partial charge in [-0.25, -0.2) is 0 Å². The second kappa shape index (κ2) is 6.95. The molecule has 0 aromatic heterocycles. The van der Waals surface area contributed by atoms with Crippen molar-refractivity contribution in [3.8, 4) is 0 Å². The lowest BCUT2D eigenvalue weighted by Gasteiger charge is -2.14. The molecule has 2 atom stereocenters. The summed E-state index contributed by atoms with van der Waals surface area (Å²) in [4.78, 5) is 37.6. The van der Waals surface area contributed by atoms with Crippen LogP contribution in [0, 0.1) is 11.8 Å². The molecular formula is C17H15Cl2NO4. The number of halogens is 2. The minimum atomic E-state index is -0.667. The third-order valence-corrected chi connectivity index (χ3v) is 5.03. The summed E-state index contributed by atoms with van der Waals surface area (Å²) in [6.07, 6.45) is 4.87. The molecule has 5 nitrogen and oxygen atoms in total. The smallest absolute Gasteiger partial charge is 0.326 e. The van der Waals surface area contributed by atoms with Gasteiger partial charge in [0.15, 0.2) is 0 Å². The lowest BCUT2D eigenvalue weighted by atomic mass is 9.85. The Bertz CT molecular complexity index is 685. The molecule has 0 spiro atoms. The lowest BCUT2D eigenvalue weighted by Crippen LogP contribution is -2.36. The first kappa shape index (κ1) is 17.0. The number of benzene rings is 1. The van der Waals surface area contributed by atoms with Crippen molar-refractivity contribution >= 4 is 41.0 Å². The summed E-state index contributed by atoms with van der Waals surface area (Å²) in [7, 11) is 0. The van der Waals surface area contributed by atoms with Crippen LogP contribution < -0.4 is 0 Å². The van der Waals surface area contributed by atoms with Crippen LogP contribution in [0.25, 0.3) is 0 Å². The SMILES string of the molecule is O=C(CN1C(=O)[C@@H]2CC=CC[C@H]2C1=O)OCc1c(Cl)cccc1Cl. The molecule has 0 radical (unpaired) electrons. The molecule has 1 aromatic rings. The number of esters is 1. The molecule has 1 fully saturated rings. The summed E-state index contributed by atoms with van der Waals surface area (Å²) in [5.41, 5.74) is 0.492. The van der Waals surface area contributed by atoms with Gasteiger partial charge in [-0.2, -0.15) is 0 Å². The molecule has 0 unspecified atom stereocenters. The number of ether oxygens (including phenoxy) is 1. The van der Waals surface area contributed by atoms with Gasteiger partial charge < -0.3 is 4.74 Å². The van der Waals surface area contributed by atoms with E-state index in [2.05, 4.69) is 0 Å². The molecule has 0 N–H and O–H groups in total. The molecule has 1 heterocycles. The van der Waals surface area contributed by atoms with Gasteiger partial charge in [0.2, 0.25) is 11.8 Å². The summed E-state index contributed by atoms with van der Waals surface area (Å²) in [5.74, 6) is -1.98. The molecule has 3 rings (SSSR count). The molecule has 1 aliphatic heterocycles. The third kappa shape index (κ3) is 3.19. The molecule has 24 heavy (non-hydrogen) atoms. The van der Waals surface area contributed by atoms with Crippen LogP contribution in [0.1, 0.15) is 18.4 Å². The standard InChI is InChI=1S/C17H15Cl2NO4/c18-13-6-3-7-14(19)12(13)9-24-15(21)8-20-16(22)10-4-1-2-5-11(10)17(20)23/h1-3,6-7,10-11H,4-5,8-9H2/t10-,11-/m1/s1. The van der Waals surface area contributed by atoms with Gasteiger partial charge >= 0.3 is 5.97 Å². The number of amides is 2. The second-order valence-electron chi connectivity index (χ2n) is 5.78. The van der Waals surface area contributed by atoms with Crippen LogP contribution in [-0.4, -0.2) is 29.2 Å². The highest BCUT2D eigenvalue weighted by atomic mass is 35.5. The Morgan fingerprint density at radius 3 is 2.17 bits per heavy atom. The minimum Gasteiger partial charge on any atom is -0.459 e. The molecule has 1 aliphatic carbocycles. The van der Waals surface area contributed by atoms with Gasteiger partial charge in [-0.1, -0.05) is 41.4 Å². The maximum Gasteiger partial charge on any atom is 0.326 e. The van der Waals surface area contributed by atoms with Gasteiger partial charge in [0, 0.05) is 15.6 Å². The summed E-state index contributed by atoms with van der Waals surface area (Å²) in [6.45, 7) is -0.491.